The van der Waals surface area contributed by atoms with E-state index in [0.29, 0.717) is 0 Å². The number of esters is 1. The molecule has 13 heavy (non-hydrogen) atoms. The van der Waals surface area contributed by atoms with E-state index in [1.807, 2.05) is 0 Å². The molecule has 0 amide bonds. The van der Waals surface area contributed by atoms with Gasteiger partial charge in [0.25, 0.3) is 5.78 Å². The lowest BCUT2D eigenvalue weighted by Gasteiger charge is -1.96. The number of benzene rings is 1. The molecule has 5 heteroatoms. The van der Waals surface area contributed by atoms with E-state index in [2.05, 4.69) is 4.74 Å². The fourth-order valence-electron chi connectivity index (χ4n) is 1.05. The van der Waals surface area contributed by atoms with Crippen LogP contribution in [0, 0.1) is 5.82 Å². The lowest BCUT2D eigenvalue weighted by atomic mass is 10.1. The van der Waals surface area contributed by atoms with Crippen molar-refractivity contribution >= 4 is 23.4 Å². The van der Waals surface area contributed by atoms with Gasteiger partial charge in [-0.15, -0.1) is 0 Å². The van der Waals surface area contributed by atoms with Crippen LogP contribution in [-0.4, -0.2) is 11.8 Å². The molecular weight excluding hydrogens is 199 g/mol. The Hall–Kier alpha value is -1.42. The molecule has 1 aliphatic heterocycles. The number of ketones is 1. The number of Topliss-reactive ketones (excluding diaryl/α,β-unsaturated/α-hetero) is 1. The van der Waals surface area contributed by atoms with Gasteiger partial charge >= 0.3 is 5.97 Å². The summed E-state index contributed by atoms with van der Waals surface area (Å²) in [6, 6.07) is 2.00. The predicted molar refractivity (Wildman–Crippen MR) is 41.4 cm³/mol. The fraction of sp³-hybridized carbons (Fsp3) is 0. The smallest absolute Gasteiger partial charge is 0.385 e. The number of ether oxygens (including phenoxy) is 1. The first-order valence-electron chi connectivity index (χ1n) is 3.35. The third-order valence-electron chi connectivity index (χ3n) is 1.66. The molecule has 66 valence electrons. The second kappa shape index (κ2) is 2.53. The van der Waals surface area contributed by atoms with E-state index in [9.17, 15) is 14.0 Å². The summed E-state index contributed by atoms with van der Waals surface area (Å²) in [6.07, 6.45) is 0. The number of carbonyl (C=O) groups excluding carboxylic acids is 2. The summed E-state index contributed by atoms with van der Waals surface area (Å²) in [5.74, 6) is -2.57. The molecule has 0 N–H and O–H groups in total. The Kier molecular flexibility index (Phi) is 1.60. The maximum absolute atomic E-state index is 12.8. The molecule has 1 heterocycles. The highest BCUT2D eigenvalue weighted by Crippen LogP contribution is 2.30. The molecule has 0 saturated heterocycles. The highest BCUT2D eigenvalue weighted by Gasteiger charge is 2.31. The van der Waals surface area contributed by atoms with Crippen molar-refractivity contribution < 1.29 is 18.7 Å². The summed E-state index contributed by atoms with van der Waals surface area (Å²) in [5.41, 5.74) is -0.0769. The Labute approximate surface area is 77.1 Å². The Bertz CT molecular complexity index is 428. The van der Waals surface area contributed by atoms with Gasteiger partial charge in [-0.2, -0.15) is 0 Å². The molecule has 0 spiro atoms. The van der Waals surface area contributed by atoms with Crippen LogP contribution >= 0.6 is 11.6 Å². The normalized spacial score (nSPS) is 14.3. The van der Waals surface area contributed by atoms with Crippen LogP contribution in [0.5, 0.6) is 5.75 Å². The van der Waals surface area contributed by atoms with Crippen molar-refractivity contribution in [2.24, 2.45) is 0 Å². The summed E-state index contributed by atoms with van der Waals surface area (Å²) in [5, 5.41) is -0.179. The van der Waals surface area contributed by atoms with Gasteiger partial charge in [0.05, 0.1) is 10.6 Å². The van der Waals surface area contributed by atoms with Gasteiger partial charge in [0.15, 0.2) is 0 Å². The molecule has 1 aliphatic rings. The molecular formula is C8H2ClFO3. The van der Waals surface area contributed by atoms with Crippen molar-refractivity contribution in [2.75, 3.05) is 0 Å². The van der Waals surface area contributed by atoms with Gasteiger partial charge < -0.3 is 4.74 Å². The van der Waals surface area contributed by atoms with Gasteiger partial charge in [-0.05, 0) is 6.07 Å². The Balaban J connectivity index is 2.66. The second-order valence-electron chi connectivity index (χ2n) is 2.48. The molecule has 0 bridgehead atoms. The van der Waals surface area contributed by atoms with Crippen LogP contribution < -0.4 is 4.74 Å². The van der Waals surface area contributed by atoms with Crippen LogP contribution in [0.25, 0.3) is 0 Å². The molecule has 0 unspecified atom stereocenters. The average molecular weight is 201 g/mol. The topological polar surface area (TPSA) is 43.4 Å². The molecule has 0 aliphatic carbocycles. The molecule has 2 rings (SSSR count). The largest absolute Gasteiger partial charge is 0.420 e. The zero-order chi connectivity index (χ0) is 9.59. The van der Waals surface area contributed by atoms with Crippen molar-refractivity contribution in [3.05, 3.63) is 28.5 Å². The van der Waals surface area contributed by atoms with Gasteiger partial charge in [-0.3, -0.25) is 4.79 Å². The van der Waals surface area contributed by atoms with Crippen molar-refractivity contribution in [3.63, 3.8) is 0 Å². The molecule has 3 nitrogen and oxygen atoms in total. The van der Waals surface area contributed by atoms with Gasteiger partial charge in [-0.1, -0.05) is 11.6 Å². The van der Waals surface area contributed by atoms with Crippen molar-refractivity contribution in [3.8, 4) is 5.75 Å². The van der Waals surface area contributed by atoms with Gasteiger partial charge in [0, 0.05) is 6.07 Å². The quantitative estimate of drug-likeness (QED) is 0.363. The Morgan fingerprint density at radius 3 is 2.69 bits per heavy atom. The summed E-state index contributed by atoms with van der Waals surface area (Å²) in [7, 11) is 0. The average Bonchev–Trinajstić information content (AvgIpc) is 2.32. The van der Waals surface area contributed by atoms with E-state index < -0.39 is 17.6 Å². The Morgan fingerprint density at radius 2 is 2.00 bits per heavy atom. The van der Waals surface area contributed by atoms with Gasteiger partial charge in [0.2, 0.25) is 0 Å². The summed E-state index contributed by atoms with van der Waals surface area (Å²) in [6.45, 7) is 0. The third kappa shape index (κ3) is 1.10. The van der Waals surface area contributed by atoms with Crippen LogP contribution in [0.3, 0.4) is 0 Å². The van der Waals surface area contributed by atoms with E-state index in [0.717, 1.165) is 12.1 Å². The van der Waals surface area contributed by atoms with Crippen molar-refractivity contribution in [1.82, 2.24) is 0 Å². The standard InChI is InChI=1S/C8H2ClFO3/c9-4-2-6-3(1-5(4)10)7(11)8(12)13-6/h1-2H. The number of hydrogen-bond donors (Lipinski definition) is 0. The minimum absolute atomic E-state index is 0.0152. The molecule has 1 aromatic carbocycles. The number of hydrogen-bond acceptors (Lipinski definition) is 3. The van der Waals surface area contributed by atoms with E-state index in [-0.39, 0.29) is 16.3 Å². The SMILES string of the molecule is O=C1Oc2cc(Cl)c(F)cc2C1=O. The molecule has 1 aromatic rings. The lowest BCUT2D eigenvalue weighted by Crippen LogP contribution is -2.10. The zero-order valence-electron chi connectivity index (χ0n) is 6.14. The highest BCUT2D eigenvalue weighted by molar-refractivity contribution is 6.44. The minimum atomic E-state index is -1.00. The molecule has 0 atom stereocenters. The van der Waals surface area contributed by atoms with Gasteiger partial charge in [-0.25, -0.2) is 9.18 Å². The number of carbonyl (C=O) groups is 2. The van der Waals surface area contributed by atoms with E-state index >= 15 is 0 Å². The summed E-state index contributed by atoms with van der Waals surface area (Å²) < 4.78 is 17.3. The van der Waals surface area contributed by atoms with Crippen molar-refractivity contribution in [2.45, 2.75) is 0 Å². The van der Waals surface area contributed by atoms with Crippen LogP contribution in [0.2, 0.25) is 5.02 Å². The second-order valence-corrected chi connectivity index (χ2v) is 2.89. The van der Waals surface area contributed by atoms with Gasteiger partial charge in [0.1, 0.15) is 11.6 Å². The monoisotopic (exact) mass is 200 g/mol. The highest BCUT2D eigenvalue weighted by atomic mass is 35.5. The maximum atomic E-state index is 12.8. The lowest BCUT2D eigenvalue weighted by molar-refractivity contribution is -0.128. The number of rotatable bonds is 0. The summed E-state index contributed by atoms with van der Waals surface area (Å²) in [4.78, 5) is 21.7. The predicted octanol–water partition coefficient (Wildman–Crippen LogP) is 1.58. The van der Waals surface area contributed by atoms with E-state index in [1.165, 1.54) is 0 Å². The van der Waals surface area contributed by atoms with Crippen LogP contribution in [0.1, 0.15) is 10.4 Å². The summed E-state index contributed by atoms with van der Waals surface area (Å²) >= 11 is 5.41. The molecule has 0 fully saturated rings. The van der Waals surface area contributed by atoms with E-state index in [4.69, 9.17) is 11.6 Å². The van der Waals surface area contributed by atoms with Crippen LogP contribution in [0.4, 0.5) is 4.39 Å². The van der Waals surface area contributed by atoms with Crippen LogP contribution in [-0.2, 0) is 4.79 Å². The molecule has 0 radical (unpaired) electrons. The molecule has 0 saturated carbocycles. The third-order valence-corrected chi connectivity index (χ3v) is 1.94. The minimum Gasteiger partial charge on any atom is -0.420 e. The number of fused-ring (bicyclic) bond motifs is 1. The fourth-order valence-corrected chi connectivity index (χ4v) is 1.20. The first-order valence-corrected chi connectivity index (χ1v) is 3.73. The Morgan fingerprint density at radius 1 is 1.31 bits per heavy atom. The number of halogens is 2. The zero-order valence-corrected chi connectivity index (χ0v) is 6.89. The van der Waals surface area contributed by atoms with E-state index in [1.54, 1.807) is 0 Å². The van der Waals surface area contributed by atoms with Crippen LogP contribution in [0.15, 0.2) is 12.1 Å². The maximum Gasteiger partial charge on any atom is 0.385 e. The first-order chi connectivity index (χ1) is 6.09. The molecule has 0 aromatic heterocycles. The van der Waals surface area contributed by atoms with Crippen molar-refractivity contribution in [1.29, 1.82) is 0 Å². The first kappa shape index (κ1) is 8.19.